The first-order chi connectivity index (χ1) is 17.0. The van der Waals surface area contributed by atoms with Crippen molar-refractivity contribution in [3.05, 3.63) is 46.9 Å². The minimum atomic E-state index is 0.314. The summed E-state index contributed by atoms with van der Waals surface area (Å²) in [6.07, 6.45) is 11.1. The number of nitrogens with zero attached hydrogens (tertiary/aromatic N) is 4. The maximum Gasteiger partial charge on any atom is 0.222 e. The van der Waals surface area contributed by atoms with Gasteiger partial charge in [0.15, 0.2) is 0 Å². The first-order valence-corrected chi connectivity index (χ1v) is 13.5. The van der Waals surface area contributed by atoms with Crippen molar-refractivity contribution in [2.75, 3.05) is 38.2 Å². The molecule has 0 unspecified atom stereocenters. The van der Waals surface area contributed by atoms with Crippen LogP contribution in [0.1, 0.15) is 87.4 Å². The summed E-state index contributed by atoms with van der Waals surface area (Å²) in [4.78, 5) is 26.8. The first kappa shape index (κ1) is 27.0. The third-order valence-electron chi connectivity index (χ3n) is 6.99. The second-order valence-corrected chi connectivity index (χ2v) is 9.78. The topological polar surface area (TPSA) is 58.6 Å². The van der Waals surface area contributed by atoms with Gasteiger partial charge in [0.25, 0.3) is 0 Å². The van der Waals surface area contributed by atoms with Crippen LogP contribution in [-0.2, 0) is 11.2 Å². The minimum Gasteiger partial charge on any atom is -0.497 e. The van der Waals surface area contributed by atoms with E-state index in [9.17, 15) is 4.79 Å². The molecule has 35 heavy (non-hydrogen) atoms. The lowest BCUT2D eigenvalue weighted by atomic mass is 10.0. The number of hydrogen-bond acceptors (Lipinski definition) is 5. The first-order valence-electron chi connectivity index (χ1n) is 13.5. The molecule has 1 aliphatic heterocycles. The predicted octanol–water partition coefficient (Wildman–Crippen LogP) is 5.87. The van der Waals surface area contributed by atoms with Crippen LogP contribution in [0.4, 0.5) is 5.82 Å². The highest BCUT2D eigenvalue weighted by Crippen LogP contribution is 2.26. The predicted molar refractivity (Wildman–Crippen MR) is 143 cm³/mol. The maximum atomic E-state index is 12.9. The van der Waals surface area contributed by atoms with E-state index in [1.807, 2.05) is 19.1 Å². The van der Waals surface area contributed by atoms with Crippen molar-refractivity contribution in [2.45, 2.75) is 85.0 Å². The SMILES string of the molecule is CCCCCCCCCC(=O)N1CCCN(c2nc(C)nc(C)c2Cc2ccc(OC)cc2)CC1. The van der Waals surface area contributed by atoms with Crippen LogP contribution in [0, 0.1) is 13.8 Å². The molecule has 3 rings (SSSR count). The van der Waals surface area contributed by atoms with Crippen molar-refractivity contribution in [1.82, 2.24) is 14.9 Å². The lowest BCUT2D eigenvalue weighted by Crippen LogP contribution is -2.35. The molecule has 1 aliphatic rings. The molecule has 0 aliphatic carbocycles. The van der Waals surface area contributed by atoms with Crippen molar-refractivity contribution in [1.29, 1.82) is 0 Å². The summed E-state index contributed by atoms with van der Waals surface area (Å²) < 4.78 is 5.31. The molecule has 1 aromatic heterocycles. The number of methoxy groups -OCH3 is 1. The van der Waals surface area contributed by atoms with Gasteiger partial charge in [0, 0.05) is 50.3 Å². The van der Waals surface area contributed by atoms with Gasteiger partial charge >= 0.3 is 0 Å². The molecule has 2 aromatic rings. The number of hydrogen-bond donors (Lipinski definition) is 0. The number of ether oxygens (including phenoxy) is 1. The van der Waals surface area contributed by atoms with E-state index in [-0.39, 0.29) is 0 Å². The van der Waals surface area contributed by atoms with Crippen molar-refractivity contribution in [2.24, 2.45) is 0 Å². The summed E-state index contributed by atoms with van der Waals surface area (Å²) in [5, 5.41) is 0. The Hall–Kier alpha value is -2.63. The molecule has 6 heteroatoms. The highest BCUT2D eigenvalue weighted by atomic mass is 16.5. The highest BCUT2D eigenvalue weighted by Gasteiger charge is 2.23. The van der Waals surface area contributed by atoms with E-state index in [1.165, 1.54) is 49.7 Å². The molecule has 0 N–H and O–H groups in total. The molecule has 0 radical (unpaired) electrons. The zero-order chi connectivity index (χ0) is 25.0. The van der Waals surface area contributed by atoms with Crippen LogP contribution in [0.15, 0.2) is 24.3 Å². The molecule has 1 fully saturated rings. The molecule has 1 amide bonds. The van der Waals surface area contributed by atoms with E-state index in [2.05, 4.69) is 40.8 Å². The van der Waals surface area contributed by atoms with Crippen LogP contribution in [0.3, 0.4) is 0 Å². The van der Waals surface area contributed by atoms with Gasteiger partial charge in [0.2, 0.25) is 5.91 Å². The fourth-order valence-corrected chi connectivity index (χ4v) is 4.90. The quantitative estimate of drug-likeness (QED) is 0.356. The second-order valence-electron chi connectivity index (χ2n) is 9.78. The van der Waals surface area contributed by atoms with Gasteiger partial charge in [-0.2, -0.15) is 0 Å². The molecule has 6 nitrogen and oxygen atoms in total. The van der Waals surface area contributed by atoms with Gasteiger partial charge in [0.05, 0.1) is 7.11 Å². The number of carbonyl (C=O) groups is 1. The summed E-state index contributed by atoms with van der Waals surface area (Å²) in [6, 6.07) is 8.21. The van der Waals surface area contributed by atoms with Crippen LogP contribution >= 0.6 is 0 Å². The number of aryl methyl sites for hydroxylation is 2. The van der Waals surface area contributed by atoms with Gasteiger partial charge < -0.3 is 14.5 Å². The number of amides is 1. The van der Waals surface area contributed by atoms with E-state index in [0.29, 0.717) is 12.3 Å². The van der Waals surface area contributed by atoms with E-state index in [0.717, 1.165) is 68.5 Å². The Labute approximate surface area is 212 Å². The smallest absolute Gasteiger partial charge is 0.222 e. The van der Waals surface area contributed by atoms with E-state index in [4.69, 9.17) is 9.72 Å². The largest absolute Gasteiger partial charge is 0.497 e. The summed E-state index contributed by atoms with van der Waals surface area (Å²) in [5.74, 6) is 2.99. The lowest BCUT2D eigenvalue weighted by Gasteiger charge is -2.26. The molecular weight excluding hydrogens is 436 g/mol. The monoisotopic (exact) mass is 480 g/mol. The van der Waals surface area contributed by atoms with E-state index < -0.39 is 0 Å². The van der Waals surface area contributed by atoms with Gasteiger partial charge in [-0.3, -0.25) is 4.79 Å². The van der Waals surface area contributed by atoms with E-state index in [1.54, 1.807) is 7.11 Å². The standard InChI is InChI=1S/C29H44N4O2/c1-5-6-7-8-9-10-11-13-28(34)32-18-12-19-33(21-20-32)29-27(23(2)30-24(3)31-29)22-25-14-16-26(35-4)17-15-25/h14-17H,5-13,18-22H2,1-4H3. The molecule has 192 valence electrons. The van der Waals surface area contributed by atoms with Crippen LogP contribution < -0.4 is 9.64 Å². The zero-order valence-electron chi connectivity index (χ0n) is 22.3. The molecule has 1 saturated heterocycles. The van der Waals surface area contributed by atoms with Crippen molar-refractivity contribution < 1.29 is 9.53 Å². The molecule has 0 spiro atoms. The number of rotatable bonds is 12. The second kappa shape index (κ2) is 14.1. The summed E-state index contributed by atoms with van der Waals surface area (Å²) in [5.41, 5.74) is 3.41. The van der Waals surface area contributed by atoms with Crippen LogP contribution in [0.2, 0.25) is 0 Å². The Balaban J connectivity index is 1.59. The highest BCUT2D eigenvalue weighted by molar-refractivity contribution is 5.76. The van der Waals surface area contributed by atoms with Gasteiger partial charge in [-0.1, -0.05) is 57.6 Å². The third kappa shape index (κ3) is 8.22. The fourth-order valence-electron chi connectivity index (χ4n) is 4.90. The zero-order valence-corrected chi connectivity index (χ0v) is 22.3. The number of anilines is 1. The summed E-state index contributed by atoms with van der Waals surface area (Å²) >= 11 is 0. The Morgan fingerprint density at radius 2 is 1.63 bits per heavy atom. The molecule has 1 aromatic carbocycles. The van der Waals surface area contributed by atoms with Gasteiger partial charge in [0.1, 0.15) is 17.4 Å². The van der Waals surface area contributed by atoms with Crippen LogP contribution in [-0.4, -0.2) is 54.1 Å². The summed E-state index contributed by atoms with van der Waals surface area (Å²) in [7, 11) is 1.69. The van der Waals surface area contributed by atoms with Gasteiger partial charge in [-0.05, 0) is 44.4 Å². The third-order valence-corrected chi connectivity index (χ3v) is 6.99. The fraction of sp³-hybridized carbons (Fsp3) is 0.621. The Bertz CT molecular complexity index is 929. The molecule has 0 bridgehead atoms. The number of carbonyl (C=O) groups excluding carboxylic acids is 1. The van der Waals surface area contributed by atoms with Crippen molar-refractivity contribution >= 4 is 11.7 Å². The molecule has 0 saturated carbocycles. The molecular formula is C29H44N4O2. The number of aromatic nitrogens is 2. The number of unbranched alkanes of at least 4 members (excludes halogenated alkanes) is 6. The van der Waals surface area contributed by atoms with Crippen molar-refractivity contribution in [3.63, 3.8) is 0 Å². The Kier molecular flexibility index (Phi) is 10.8. The molecule has 0 atom stereocenters. The summed E-state index contributed by atoms with van der Waals surface area (Å²) in [6.45, 7) is 9.61. The molecule has 2 heterocycles. The Morgan fingerprint density at radius 3 is 2.34 bits per heavy atom. The average Bonchev–Trinajstić information content (AvgIpc) is 3.11. The van der Waals surface area contributed by atoms with Crippen molar-refractivity contribution in [3.8, 4) is 5.75 Å². The lowest BCUT2D eigenvalue weighted by molar-refractivity contribution is -0.131. The van der Waals surface area contributed by atoms with Gasteiger partial charge in [-0.25, -0.2) is 9.97 Å². The Morgan fingerprint density at radius 1 is 0.914 bits per heavy atom. The normalized spacial score (nSPS) is 14.2. The number of benzene rings is 1. The van der Waals surface area contributed by atoms with E-state index >= 15 is 0 Å². The van der Waals surface area contributed by atoms with Crippen LogP contribution in [0.5, 0.6) is 5.75 Å². The van der Waals surface area contributed by atoms with Crippen LogP contribution in [0.25, 0.3) is 0 Å². The van der Waals surface area contributed by atoms with Gasteiger partial charge in [-0.15, -0.1) is 0 Å². The maximum absolute atomic E-state index is 12.9. The minimum absolute atomic E-state index is 0.314. The average molecular weight is 481 g/mol.